The summed E-state index contributed by atoms with van der Waals surface area (Å²) in [6, 6.07) is 0. The number of fused-ring (bicyclic) bond motifs is 1. The van der Waals surface area contributed by atoms with Crippen LogP contribution in [0.15, 0.2) is 0 Å². The second kappa shape index (κ2) is 4.22. The number of Topliss-reactive ketones (excluding diaryl/α,β-unsaturated/α-hetero) is 2. The van der Waals surface area contributed by atoms with Crippen molar-refractivity contribution in [2.24, 2.45) is 29.1 Å². The van der Waals surface area contributed by atoms with Crippen LogP contribution in [0.5, 0.6) is 0 Å². The Labute approximate surface area is 104 Å². The van der Waals surface area contributed by atoms with Gasteiger partial charge in [-0.3, -0.25) is 9.59 Å². The van der Waals surface area contributed by atoms with Crippen molar-refractivity contribution < 1.29 is 9.59 Å². The third-order valence-electron chi connectivity index (χ3n) is 5.13. The second-order valence-electron chi connectivity index (χ2n) is 6.69. The maximum absolute atomic E-state index is 12.3. The Hall–Kier alpha value is -0.660. The molecular weight excluding hydrogens is 212 g/mol. The molecule has 0 unspecified atom stereocenters. The van der Waals surface area contributed by atoms with Crippen LogP contribution in [-0.2, 0) is 9.59 Å². The van der Waals surface area contributed by atoms with Crippen LogP contribution in [0.2, 0.25) is 0 Å². The van der Waals surface area contributed by atoms with Crippen molar-refractivity contribution in [3.8, 4) is 0 Å². The van der Waals surface area contributed by atoms with Crippen LogP contribution in [-0.4, -0.2) is 11.6 Å². The van der Waals surface area contributed by atoms with Crippen LogP contribution in [0.4, 0.5) is 0 Å². The Morgan fingerprint density at radius 2 is 1.65 bits per heavy atom. The van der Waals surface area contributed by atoms with Gasteiger partial charge in [-0.2, -0.15) is 0 Å². The molecule has 0 amide bonds. The van der Waals surface area contributed by atoms with Gasteiger partial charge in [0.15, 0.2) is 0 Å². The minimum Gasteiger partial charge on any atom is -0.299 e. The maximum Gasteiger partial charge on any atom is 0.139 e. The zero-order valence-corrected chi connectivity index (χ0v) is 11.5. The lowest BCUT2D eigenvalue weighted by atomic mass is 9.88. The molecule has 0 radical (unpaired) electrons. The largest absolute Gasteiger partial charge is 0.299 e. The molecule has 2 fully saturated rings. The fraction of sp³-hybridized carbons (Fsp3) is 0.867. The van der Waals surface area contributed by atoms with Gasteiger partial charge in [0.05, 0.1) is 0 Å². The van der Waals surface area contributed by atoms with E-state index in [0.717, 1.165) is 19.3 Å². The summed E-state index contributed by atoms with van der Waals surface area (Å²) in [6.45, 7) is 8.45. The van der Waals surface area contributed by atoms with Gasteiger partial charge >= 0.3 is 0 Å². The number of hydrogen-bond acceptors (Lipinski definition) is 2. The SMILES string of the molecule is C[C@@H]1CC[C@@H]2[C@@H](C(=O)[C@H](C)CCC1=O)C2(C)C. The van der Waals surface area contributed by atoms with Crippen LogP contribution < -0.4 is 0 Å². The van der Waals surface area contributed by atoms with Gasteiger partial charge in [0.2, 0.25) is 0 Å². The average Bonchev–Trinajstić information content (AvgIpc) is 2.82. The fourth-order valence-corrected chi connectivity index (χ4v) is 3.49. The second-order valence-corrected chi connectivity index (χ2v) is 6.69. The normalized spacial score (nSPS) is 41.9. The van der Waals surface area contributed by atoms with Gasteiger partial charge in [0, 0.05) is 24.2 Å². The molecule has 2 heteroatoms. The number of carbonyl (C=O) groups is 2. The minimum atomic E-state index is 0.0681. The highest BCUT2D eigenvalue weighted by atomic mass is 16.1. The van der Waals surface area contributed by atoms with Gasteiger partial charge in [-0.05, 0) is 30.6 Å². The Morgan fingerprint density at radius 1 is 1.00 bits per heavy atom. The molecule has 2 nitrogen and oxygen atoms in total. The summed E-state index contributed by atoms with van der Waals surface area (Å²) in [5.41, 5.74) is 0.179. The summed E-state index contributed by atoms with van der Waals surface area (Å²) in [5.74, 6) is 1.79. The Morgan fingerprint density at radius 3 is 2.29 bits per heavy atom. The first kappa shape index (κ1) is 12.8. The lowest BCUT2D eigenvalue weighted by Crippen LogP contribution is -2.20. The van der Waals surface area contributed by atoms with Crippen LogP contribution in [0.25, 0.3) is 0 Å². The van der Waals surface area contributed by atoms with Gasteiger partial charge in [-0.15, -0.1) is 0 Å². The molecule has 0 saturated heterocycles. The summed E-state index contributed by atoms with van der Waals surface area (Å²) in [5, 5.41) is 0. The number of hydrogen-bond donors (Lipinski definition) is 0. The first-order valence-electron chi connectivity index (χ1n) is 6.92. The maximum atomic E-state index is 12.3. The third kappa shape index (κ3) is 2.19. The topological polar surface area (TPSA) is 34.1 Å². The molecule has 0 aromatic heterocycles. The monoisotopic (exact) mass is 236 g/mol. The first-order valence-corrected chi connectivity index (χ1v) is 6.92. The van der Waals surface area contributed by atoms with Gasteiger partial charge in [-0.1, -0.05) is 27.7 Å². The average molecular weight is 236 g/mol. The van der Waals surface area contributed by atoms with E-state index in [0.29, 0.717) is 23.9 Å². The highest BCUT2D eigenvalue weighted by molar-refractivity contribution is 5.88. The molecule has 2 saturated carbocycles. The van der Waals surface area contributed by atoms with E-state index >= 15 is 0 Å². The van der Waals surface area contributed by atoms with E-state index in [2.05, 4.69) is 13.8 Å². The summed E-state index contributed by atoms with van der Waals surface area (Å²) in [6.07, 6.45) is 3.35. The first-order chi connectivity index (χ1) is 7.85. The Kier molecular flexibility index (Phi) is 3.17. The summed E-state index contributed by atoms with van der Waals surface area (Å²) >= 11 is 0. The molecule has 2 rings (SSSR count). The van der Waals surface area contributed by atoms with E-state index in [1.54, 1.807) is 0 Å². The standard InChI is InChI=1S/C15H24O2/c1-9-5-7-11-13(15(11,3)4)14(17)10(2)6-8-12(9)16/h9-11,13H,5-8H2,1-4H3/t9-,10-,11-,13+/m1/s1. The van der Waals surface area contributed by atoms with Crippen molar-refractivity contribution in [3.05, 3.63) is 0 Å². The van der Waals surface area contributed by atoms with E-state index in [4.69, 9.17) is 0 Å². The molecule has 0 aromatic rings. The van der Waals surface area contributed by atoms with Crippen molar-refractivity contribution in [2.75, 3.05) is 0 Å². The molecule has 0 bridgehead atoms. The Balaban J connectivity index is 2.14. The number of ketones is 2. The Bertz CT molecular complexity index is 343. The van der Waals surface area contributed by atoms with Crippen LogP contribution in [0.1, 0.15) is 53.4 Å². The van der Waals surface area contributed by atoms with Gasteiger partial charge in [0.1, 0.15) is 11.6 Å². The molecule has 17 heavy (non-hydrogen) atoms. The quantitative estimate of drug-likeness (QED) is 0.647. The van der Waals surface area contributed by atoms with E-state index in [1.165, 1.54) is 0 Å². The van der Waals surface area contributed by atoms with Crippen molar-refractivity contribution in [1.29, 1.82) is 0 Å². The lowest BCUT2D eigenvalue weighted by Gasteiger charge is -2.15. The molecule has 0 heterocycles. The van der Waals surface area contributed by atoms with Crippen LogP contribution >= 0.6 is 0 Å². The van der Waals surface area contributed by atoms with E-state index in [-0.39, 0.29) is 23.2 Å². The van der Waals surface area contributed by atoms with Crippen molar-refractivity contribution in [3.63, 3.8) is 0 Å². The van der Waals surface area contributed by atoms with E-state index < -0.39 is 0 Å². The third-order valence-corrected chi connectivity index (χ3v) is 5.13. The molecule has 0 spiro atoms. The van der Waals surface area contributed by atoms with Crippen molar-refractivity contribution in [1.82, 2.24) is 0 Å². The molecule has 0 N–H and O–H groups in total. The molecule has 2 aliphatic carbocycles. The van der Waals surface area contributed by atoms with E-state index in [1.807, 2.05) is 13.8 Å². The molecular formula is C15H24O2. The highest BCUT2D eigenvalue weighted by Gasteiger charge is 2.61. The van der Waals surface area contributed by atoms with Crippen molar-refractivity contribution in [2.45, 2.75) is 53.4 Å². The van der Waals surface area contributed by atoms with Gasteiger partial charge < -0.3 is 0 Å². The van der Waals surface area contributed by atoms with Crippen LogP contribution in [0.3, 0.4) is 0 Å². The molecule has 0 aromatic carbocycles. The summed E-state index contributed by atoms with van der Waals surface area (Å²) in [4.78, 5) is 24.2. The van der Waals surface area contributed by atoms with Crippen molar-refractivity contribution >= 4 is 11.6 Å². The zero-order valence-electron chi connectivity index (χ0n) is 11.5. The van der Waals surface area contributed by atoms with Gasteiger partial charge in [-0.25, -0.2) is 0 Å². The molecule has 96 valence electrons. The predicted octanol–water partition coefficient (Wildman–Crippen LogP) is 3.24. The zero-order chi connectivity index (χ0) is 12.8. The number of carbonyl (C=O) groups excluding carboxylic acids is 2. The summed E-state index contributed by atoms with van der Waals surface area (Å²) in [7, 11) is 0. The predicted molar refractivity (Wildman–Crippen MR) is 67.6 cm³/mol. The highest BCUT2D eigenvalue weighted by Crippen LogP contribution is 2.62. The molecule has 2 aliphatic rings. The number of rotatable bonds is 0. The van der Waals surface area contributed by atoms with E-state index in [9.17, 15) is 9.59 Å². The minimum absolute atomic E-state index is 0.0681. The molecule has 0 aliphatic heterocycles. The molecule has 4 atom stereocenters. The van der Waals surface area contributed by atoms with Gasteiger partial charge in [0.25, 0.3) is 0 Å². The smallest absolute Gasteiger partial charge is 0.139 e. The summed E-state index contributed by atoms with van der Waals surface area (Å²) < 4.78 is 0. The van der Waals surface area contributed by atoms with Crippen LogP contribution in [0, 0.1) is 29.1 Å². The lowest BCUT2D eigenvalue weighted by molar-refractivity contribution is -0.126. The fourth-order valence-electron chi connectivity index (χ4n) is 3.49.